The van der Waals surface area contributed by atoms with Gasteiger partial charge in [0.25, 0.3) is 0 Å². The monoisotopic (exact) mass is 69.0 g/mol. The van der Waals surface area contributed by atoms with Gasteiger partial charge in [0, 0.05) is 0 Å². The lowest BCUT2D eigenvalue weighted by Crippen LogP contribution is -2.16. The summed E-state index contributed by atoms with van der Waals surface area (Å²) in [7, 11) is 0. The average molecular weight is 69.1 g/mol. The van der Waals surface area contributed by atoms with E-state index in [1.807, 2.05) is 5.92 Å². The third-order valence-electron chi connectivity index (χ3n) is 0.167. The number of nitrogens with two attached hydrogens (primary N) is 2. The highest BCUT2D eigenvalue weighted by atomic mass is 14.8. The molecule has 0 spiro atoms. The van der Waals surface area contributed by atoms with Gasteiger partial charge in [0.15, 0.2) is 6.17 Å². The van der Waals surface area contributed by atoms with Crippen LogP contribution in [0.25, 0.3) is 0 Å². The molecule has 0 unspecified atom stereocenters. The Morgan fingerprint density at radius 3 is 1.80 bits per heavy atom. The first-order valence-electron chi connectivity index (χ1n) is 1.12. The minimum Gasteiger partial charge on any atom is -0.300 e. The average Bonchev–Trinajstić information content (AvgIpc) is 1.38. The zero-order valence-corrected chi connectivity index (χ0v) is 2.73. The van der Waals surface area contributed by atoms with Crippen LogP contribution in [-0.2, 0) is 0 Å². The summed E-state index contributed by atoms with van der Waals surface area (Å²) in [4.78, 5) is 0. The maximum Gasteiger partial charge on any atom is 0.171 e. The lowest BCUT2D eigenvalue weighted by atomic mass is 10.6. The van der Waals surface area contributed by atoms with Gasteiger partial charge in [0.1, 0.15) is 0 Å². The number of terminal acetylenes is 1. The molecule has 2 nitrogen and oxygen atoms in total. The largest absolute Gasteiger partial charge is 0.300 e. The Kier molecular flexibility index (Phi) is 1.58. The molecule has 5 heavy (non-hydrogen) atoms. The Bertz CT molecular complexity index is 50.4. The van der Waals surface area contributed by atoms with E-state index in [4.69, 9.17) is 11.5 Å². The predicted octanol–water partition coefficient (Wildman–Crippen LogP) is -0.974. The van der Waals surface area contributed by atoms with Crippen molar-refractivity contribution in [2.75, 3.05) is 0 Å². The van der Waals surface area contributed by atoms with E-state index in [9.17, 15) is 0 Å². The molecule has 0 fully saturated rings. The van der Waals surface area contributed by atoms with Crippen molar-refractivity contribution in [2.24, 2.45) is 11.5 Å². The third-order valence-corrected chi connectivity index (χ3v) is 0.167. The van der Waals surface area contributed by atoms with Crippen LogP contribution in [0, 0.1) is 18.5 Å². The van der Waals surface area contributed by atoms with Crippen LogP contribution in [0.4, 0.5) is 0 Å². The third kappa shape index (κ3) is 3.48. The van der Waals surface area contributed by atoms with Crippen LogP contribution in [0.2, 0.25) is 0 Å². The Hall–Kier alpha value is -0.520. The molecule has 4 N–H and O–H groups in total. The van der Waals surface area contributed by atoms with E-state index >= 15 is 0 Å². The van der Waals surface area contributed by atoms with Crippen molar-refractivity contribution in [2.45, 2.75) is 0 Å². The highest BCUT2D eigenvalue weighted by Crippen LogP contribution is 1.58. The van der Waals surface area contributed by atoms with Gasteiger partial charge in [-0.1, -0.05) is 5.92 Å². The van der Waals surface area contributed by atoms with Crippen LogP contribution in [0.1, 0.15) is 0 Å². The summed E-state index contributed by atoms with van der Waals surface area (Å²) in [6.07, 6.45) is 4.67. The van der Waals surface area contributed by atoms with Crippen LogP contribution < -0.4 is 11.5 Å². The Morgan fingerprint density at radius 2 is 1.80 bits per heavy atom. The van der Waals surface area contributed by atoms with E-state index in [0.717, 1.165) is 0 Å². The summed E-state index contributed by atoms with van der Waals surface area (Å²) in [5.74, 6) is 2.00. The van der Waals surface area contributed by atoms with Gasteiger partial charge in [-0.15, -0.1) is 6.42 Å². The molecule has 0 amide bonds. The van der Waals surface area contributed by atoms with E-state index in [-0.39, 0.29) is 6.17 Å². The van der Waals surface area contributed by atoms with Gasteiger partial charge in [-0.25, -0.2) is 0 Å². The molecule has 0 saturated heterocycles. The van der Waals surface area contributed by atoms with Crippen molar-refractivity contribution < 1.29 is 0 Å². The zero-order valence-electron chi connectivity index (χ0n) is 2.73. The normalized spacial score (nSPS) is 7.60. The predicted molar refractivity (Wildman–Crippen MR) is 20.5 cm³/mol. The first-order valence-corrected chi connectivity index (χ1v) is 1.12. The molecule has 2 heteroatoms. The van der Waals surface area contributed by atoms with Crippen molar-refractivity contribution in [1.29, 1.82) is 0 Å². The van der Waals surface area contributed by atoms with Crippen LogP contribution in [-0.4, -0.2) is 0 Å². The molecule has 0 aromatic heterocycles. The zero-order chi connectivity index (χ0) is 4.28. The number of rotatable bonds is 0. The summed E-state index contributed by atoms with van der Waals surface area (Å²) < 4.78 is 0. The van der Waals surface area contributed by atoms with Gasteiger partial charge in [-0.2, -0.15) is 0 Å². The highest BCUT2D eigenvalue weighted by Gasteiger charge is 1.76. The molecule has 0 saturated carbocycles. The molecule has 0 aromatic carbocycles. The fourth-order valence-electron chi connectivity index (χ4n) is 0. The Balaban J connectivity index is 2.94. The van der Waals surface area contributed by atoms with Crippen LogP contribution in [0.5, 0.6) is 0 Å². The molecule has 0 bridgehead atoms. The van der Waals surface area contributed by atoms with E-state index in [0.29, 0.717) is 0 Å². The SMILES string of the molecule is C#C[C](N)N. The van der Waals surface area contributed by atoms with Crippen LogP contribution in [0.15, 0.2) is 0 Å². The second kappa shape index (κ2) is 1.77. The van der Waals surface area contributed by atoms with Gasteiger partial charge in [0.2, 0.25) is 0 Å². The Morgan fingerprint density at radius 1 is 1.60 bits per heavy atom. The van der Waals surface area contributed by atoms with Crippen molar-refractivity contribution in [3.63, 3.8) is 0 Å². The van der Waals surface area contributed by atoms with Crippen LogP contribution >= 0.6 is 0 Å². The van der Waals surface area contributed by atoms with Crippen molar-refractivity contribution in [3.05, 3.63) is 6.17 Å². The minimum absolute atomic E-state index is 0.0324. The van der Waals surface area contributed by atoms with Gasteiger partial charge in [-0.3, -0.25) is 11.5 Å². The molecule has 0 aliphatic heterocycles. The second-order valence-corrected chi connectivity index (χ2v) is 0.600. The lowest BCUT2D eigenvalue weighted by molar-refractivity contribution is 1.12. The summed E-state index contributed by atoms with van der Waals surface area (Å²) in [6.45, 7) is 0. The number of hydrogen-bond acceptors (Lipinski definition) is 2. The van der Waals surface area contributed by atoms with Gasteiger partial charge < -0.3 is 0 Å². The summed E-state index contributed by atoms with van der Waals surface area (Å²) in [5, 5.41) is 0. The lowest BCUT2D eigenvalue weighted by Gasteiger charge is -1.80. The van der Waals surface area contributed by atoms with Gasteiger partial charge >= 0.3 is 0 Å². The molecule has 0 heterocycles. The van der Waals surface area contributed by atoms with Crippen molar-refractivity contribution >= 4 is 0 Å². The molecule has 0 atom stereocenters. The topological polar surface area (TPSA) is 52.0 Å². The van der Waals surface area contributed by atoms with E-state index in [1.54, 1.807) is 0 Å². The van der Waals surface area contributed by atoms with Crippen LogP contribution in [0.3, 0.4) is 0 Å². The first kappa shape index (κ1) is 4.48. The fraction of sp³-hybridized carbons (Fsp3) is 0. The molecule has 0 aliphatic carbocycles. The summed E-state index contributed by atoms with van der Waals surface area (Å²) >= 11 is 0. The Labute approximate surface area is 31.1 Å². The molecular formula is C3H5N2. The molecule has 1 radical (unpaired) electrons. The molecule has 0 aliphatic rings. The molecule has 0 aromatic rings. The van der Waals surface area contributed by atoms with Gasteiger partial charge in [0.05, 0.1) is 0 Å². The first-order chi connectivity index (χ1) is 2.27. The van der Waals surface area contributed by atoms with E-state index in [2.05, 4.69) is 6.42 Å². The number of hydrogen-bond donors (Lipinski definition) is 2. The smallest absolute Gasteiger partial charge is 0.171 e. The molecule has 0 rings (SSSR count). The summed E-state index contributed by atoms with van der Waals surface area (Å²) in [6, 6.07) is 0. The fourth-order valence-corrected chi connectivity index (χ4v) is 0. The highest BCUT2D eigenvalue weighted by molar-refractivity contribution is 5.07. The standard InChI is InChI=1S/C3H5N2/c1-2-3(4)5/h1H,4-5H2. The molecular weight excluding hydrogens is 64.0 g/mol. The van der Waals surface area contributed by atoms with E-state index in [1.165, 1.54) is 0 Å². The van der Waals surface area contributed by atoms with Crippen molar-refractivity contribution in [3.8, 4) is 12.3 Å². The van der Waals surface area contributed by atoms with Gasteiger partial charge in [-0.05, 0) is 0 Å². The quantitative estimate of drug-likeness (QED) is 0.359. The second-order valence-electron chi connectivity index (χ2n) is 0.600. The maximum atomic E-state index is 4.75. The van der Waals surface area contributed by atoms with Crippen molar-refractivity contribution in [1.82, 2.24) is 0 Å². The van der Waals surface area contributed by atoms with E-state index < -0.39 is 0 Å². The summed E-state index contributed by atoms with van der Waals surface area (Å²) in [5.41, 5.74) is 9.50. The molecule has 27 valence electrons. The maximum absolute atomic E-state index is 4.75. The minimum atomic E-state index is 0.0324.